The van der Waals surface area contributed by atoms with Gasteiger partial charge in [0.2, 0.25) is 0 Å². The molecule has 0 saturated heterocycles. The zero-order valence-corrected chi connectivity index (χ0v) is 15.6. The first-order valence-corrected chi connectivity index (χ1v) is 8.79. The van der Waals surface area contributed by atoms with Crippen LogP contribution < -0.4 is 5.73 Å². The summed E-state index contributed by atoms with van der Waals surface area (Å²) < 4.78 is 38.7. The van der Waals surface area contributed by atoms with E-state index < -0.39 is 17.6 Å². The average Bonchev–Trinajstić information content (AvgIpc) is 2.67. The number of alkyl halides is 3. The Hall–Kier alpha value is -3.26. The van der Waals surface area contributed by atoms with Gasteiger partial charge in [-0.2, -0.15) is 13.2 Å². The number of nitrogens with two attached hydrogens (primary N) is 1. The second kappa shape index (κ2) is 8.40. The van der Waals surface area contributed by atoms with E-state index in [1.165, 1.54) is 18.5 Å². The van der Waals surface area contributed by atoms with Crippen LogP contribution in [0.25, 0.3) is 11.3 Å². The van der Waals surface area contributed by atoms with Gasteiger partial charge in [-0.15, -0.1) is 0 Å². The zero-order valence-electron chi connectivity index (χ0n) is 15.6. The highest BCUT2D eigenvalue weighted by molar-refractivity contribution is 5.96. The molecule has 3 aromatic rings. The molecule has 0 aliphatic rings. The van der Waals surface area contributed by atoms with Gasteiger partial charge in [0.25, 0.3) is 5.91 Å². The predicted molar refractivity (Wildman–Crippen MR) is 103 cm³/mol. The molecule has 0 radical (unpaired) electrons. The number of hydrogen-bond donors (Lipinski definition) is 1. The van der Waals surface area contributed by atoms with Gasteiger partial charge >= 0.3 is 6.18 Å². The van der Waals surface area contributed by atoms with E-state index in [1.54, 1.807) is 12.1 Å². The minimum Gasteiger partial charge on any atom is -0.364 e. The van der Waals surface area contributed by atoms with Crippen LogP contribution in [-0.2, 0) is 19.3 Å². The Kier molecular flexibility index (Phi) is 5.93. The van der Waals surface area contributed by atoms with Crippen molar-refractivity contribution in [2.24, 2.45) is 5.73 Å². The molecular weight excluding hydrogens is 381 g/mol. The number of halogens is 3. The van der Waals surface area contributed by atoms with Crippen LogP contribution in [0.1, 0.15) is 27.2 Å². The van der Waals surface area contributed by atoms with E-state index >= 15 is 0 Å². The molecule has 3 rings (SSSR count). The van der Waals surface area contributed by atoms with Crippen LogP contribution in [0.2, 0.25) is 0 Å². The van der Waals surface area contributed by atoms with Gasteiger partial charge in [0, 0.05) is 31.0 Å². The molecule has 8 heteroatoms. The maximum absolute atomic E-state index is 12.9. The fraction of sp³-hybridized carbons (Fsp3) is 0.190. The monoisotopic (exact) mass is 400 g/mol. The third kappa shape index (κ3) is 5.17. The molecule has 150 valence electrons. The molecule has 0 saturated carbocycles. The van der Waals surface area contributed by atoms with Crippen LogP contribution in [0.5, 0.6) is 0 Å². The van der Waals surface area contributed by atoms with Gasteiger partial charge < -0.3 is 5.73 Å². The predicted octanol–water partition coefficient (Wildman–Crippen LogP) is 3.89. The van der Waals surface area contributed by atoms with Gasteiger partial charge in [0.15, 0.2) is 5.69 Å². The number of primary amides is 1. The summed E-state index contributed by atoms with van der Waals surface area (Å²) in [6.45, 7) is 0.849. The lowest BCUT2D eigenvalue weighted by atomic mass is 10.1. The number of aromatic nitrogens is 2. The number of carbonyl (C=O) groups is 1. The van der Waals surface area contributed by atoms with Crippen LogP contribution in [0.4, 0.5) is 13.2 Å². The number of carbonyl (C=O) groups excluding carboxylic acids is 1. The fourth-order valence-electron chi connectivity index (χ4n) is 3.07. The first-order valence-electron chi connectivity index (χ1n) is 8.79. The number of rotatable bonds is 6. The SMILES string of the molecule is CN(Cc1cccc(-c2nccnc2C(N)=O)c1)Cc1cccc(C(F)(F)F)c1. The van der Waals surface area contributed by atoms with Gasteiger partial charge in [0.05, 0.1) is 5.56 Å². The van der Waals surface area contributed by atoms with Crippen LogP contribution in [0.3, 0.4) is 0 Å². The van der Waals surface area contributed by atoms with Crippen LogP contribution in [0.15, 0.2) is 60.9 Å². The smallest absolute Gasteiger partial charge is 0.364 e. The van der Waals surface area contributed by atoms with Gasteiger partial charge in [-0.25, -0.2) is 4.98 Å². The lowest BCUT2D eigenvalue weighted by Gasteiger charge is -2.18. The van der Waals surface area contributed by atoms with Crippen LogP contribution in [-0.4, -0.2) is 27.8 Å². The van der Waals surface area contributed by atoms with E-state index in [0.29, 0.717) is 29.9 Å². The van der Waals surface area contributed by atoms with Gasteiger partial charge in [-0.3, -0.25) is 14.7 Å². The Morgan fingerprint density at radius 2 is 1.62 bits per heavy atom. The highest BCUT2D eigenvalue weighted by Crippen LogP contribution is 2.30. The summed E-state index contributed by atoms with van der Waals surface area (Å²) in [5, 5.41) is 0. The third-order valence-corrected chi connectivity index (χ3v) is 4.29. The minimum atomic E-state index is -4.36. The number of benzene rings is 2. The molecule has 0 aliphatic heterocycles. The Balaban J connectivity index is 1.77. The average molecular weight is 400 g/mol. The Morgan fingerprint density at radius 1 is 1.00 bits per heavy atom. The summed E-state index contributed by atoms with van der Waals surface area (Å²) >= 11 is 0. The zero-order chi connectivity index (χ0) is 21.0. The first-order chi connectivity index (χ1) is 13.7. The lowest BCUT2D eigenvalue weighted by molar-refractivity contribution is -0.137. The molecule has 1 heterocycles. The van der Waals surface area contributed by atoms with E-state index in [9.17, 15) is 18.0 Å². The van der Waals surface area contributed by atoms with Crippen molar-refractivity contribution in [2.75, 3.05) is 7.05 Å². The van der Waals surface area contributed by atoms with Crippen molar-refractivity contribution in [3.8, 4) is 11.3 Å². The second-order valence-electron chi connectivity index (χ2n) is 6.69. The normalized spacial score (nSPS) is 11.6. The fourth-order valence-corrected chi connectivity index (χ4v) is 3.07. The van der Waals surface area contributed by atoms with E-state index in [4.69, 9.17) is 5.73 Å². The summed E-state index contributed by atoms with van der Waals surface area (Å²) in [4.78, 5) is 21.7. The Labute approximate surface area is 166 Å². The summed E-state index contributed by atoms with van der Waals surface area (Å²) in [6, 6.07) is 12.7. The quantitative estimate of drug-likeness (QED) is 0.681. The summed E-state index contributed by atoms with van der Waals surface area (Å²) in [6.07, 6.45) is -1.48. The molecule has 1 aromatic heterocycles. The molecule has 2 aromatic carbocycles. The van der Waals surface area contributed by atoms with E-state index in [-0.39, 0.29) is 5.69 Å². The molecule has 0 aliphatic carbocycles. The van der Waals surface area contributed by atoms with Crippen LogP contribution in [0, 0.1) is 0 Å². The van der Waals surface area contributed by atoms with Crippen molar-refractivity contribution in [1.82, 2.24) is 14.9 Å². The van der Waals surface area contributed by atoms with Crippen molar-refractivity contribution in [3.63, 3.8) is 0 Å². The highest BCUT2D eigenvalue weighted by atomic mass is 19.4. The first kappa shape index (κ1) is 20.5. The Morgan fingerprint density at radius 3 is 2.28 bits per heavy atom. The molecule has 0 spiro atoms. The molecule has 2 N–H and O–H groups in total. The second-order valence-corrected chi connectivity index (χ2v) is 6.69. The maximum atomic E-state index is 12.9. The molecule has 0 unspecified atom stereocenters. The standard InChI is InChI=1S/C21H19F3N4O/c1-28(13-15-5-3-7-17(11-15)21(22,23)24)12-14-4-2-6-16(10-14)18-19(20(25)29)27-9-8-26-18/h2-11H,12-13H2,1H3,(H2,25,29). The minimum absolute atomic E-state index is 0.0852. The van der Waals surface area contributed by atoms with Gasteiger partial charge in [0.1, 0.15) is 5.69 Å². The third-order valence-electron chi connectivity index (χ3n) is 4.29. The molecule has 0 fully saturated rings. The molecule has 5 nitrogen and oxygen atoms in total. The van der Waals surface area contributed by atoms with Crippen molar-refractivity contribution in [1.29, 1.82) is 0 Å². The summed E-state index contributed by atoms with van der Waals surface area (Å²) in [7, 11) is 1.82. The number of hydrogen-bond acceptors (Lipinski definition) is 4. The number of nitrogens with zero attached hydrogens (tertiary/aromatic N) is 3. The van der Waals surface area contributed by atoms with Crippen molar-refractivity contribution >= 4 is 5.91 Å². The Bertz CT molecular complexity index is 1020. The van der Waals surface area contributed by atoms with E-state index in [1.807, 2.05) is 30.1 Å². The van der Waals surface area contributed by atoms with Crippen molar-refractivity contribution < 1.29 is 18.0 Å². The molecule has 0 atom stereocenters. The highest BCUT2D eigenvalue weighted by Gasteiger charge is 2.30. The molecule has 29 heavy (non-hydrogen) atoms. The van der Waals surface area contributed by atoms with E-state index in [2.05, 4.69) is 9.97 Å². The molecular formula is C21H19F3N4O. The van der Waals surface area contributed by atoms with E-state index in [0.717, 1.165) is 17.7 Å². The largest absolute Gasteiger partial charge is 0.416 e. The molecule has 0 bridgehead atoms. The lowest BCUT2D eigenvalue weighted by Crippen LogP contribution is -2.18. The van der Waals surface area contributed by atoms with Gasteiger partial charge in [-0.05, 0) is 30.3 Å². The maximum Gasteiger partial charge on any atom is 0.416 e. The summed E-state index contributed by atoms with van der Waals surface area (Å²) in [5.41, 5.74) is 7.36. The topological polar surface area (TPSA) is 72.1 Å². The summed E-state index contributed by atoms with van der Waals surface area (Å²) in [5.74, 6) is -0.667. The van der Waals surface area contributed by atoms with Crippen LogP contribution >= 0.6 is 0 Å². The van der Waals surface area contributed by atoms with Crippen molar-refractivity contribution in [2.45, 2.75) is 19.3 Å². The molecule has 1 amide bonds. The van der Waals surface area contributed by atoms with Crippen molar-refractivity contribution in [3.05, 3.63) is 83.3 Å². The van der Waals surface area contributed by atoms with Gasteiger partial charge in [-0.1, -0.05) is 36.4 Å². The number of amides is 1.